The lowest BCUT2D eigenvalue weighted by Crippen LogP contribution is -2.07. The predicted molar refractivity (Wildman–Crippen MR) is 84.6 cm³/mol. The van der Waals surface area contributed by atoms with E-state index >= 15 is 0 Å². The van der Waals surface area contributed by atoms with Crippen molar-refractivity contribution in [3.8, 4) is 17.1 Å². The van der Waals surface area contributed by atoms with Gasteiger partial charge in [0.2, 0.25) is 0 Å². The quantitative estimate of drug-likeness (QED) is 0.693. The molecule has 3 nitrogen and oxygen atoms in total. The predicted octanol–water partition coefficient (Wildman–Crippen LogP) is 4.51. The summed E-state index contributed by atoms with van der Waals surface area (Å²) in [6.07, 6.45) is 3.53. The summed E-state index contributed by atoms with van der Waals surface area (Å²) < 4.78 is 31.5. The van der Waals surface area contributed by atoms with Crippen LogP contribution in [0.1, 0.15) is 11.1 Å². The highest BCUT2D eigenvalue weighted by Crippen LogP contribution is 2.24. The Kier molecular flexibility index (Phi) is 4.37. The first-order valence-corrected chi connectivity index (χ1v) is 7.24. The van der Waals surface area contributed by atoms with E-state index in [9.17, 15) is 8.78 Å². The number of nitrogens with zero attached hydrogens (tertiary/aromatic N) is 2. The third-order valence-corrected chi connectivity index (χ3v) is 3.55. The van der Waals surface area contributed by atoms with Crippen molar-refractivity contribution in [2.75, 3.05) is 0 Å². The largest absolute Gasteiger partial charge is 0.434 e. The summed E-state index contributed by atoms with van der Waals surface area (Å²) in [6, 6.07) is 14.8. The van der Waals surface area contributed by atoms with Gasteiger partial charge in [0.1, 0.15) is 11.6 Å². The van der Waals surface area contributed by atoms with Gasteiger partial charge in [0.25, 0.3) is 0 Å². The number of rotatable bonds is 5. The highest BCUT2D eigenvalue weighted by Gasteiger charge is 2.12. The van der Waals surface area contributed by atoms with Crippen LogP contribution in [0.5, 0.6) is 5.75 Å². The van der Waals surface area contributed by atoms with Crippen LogP contribution in [0.25, 0.3) is 11.4 Å². The maximum Gasteiger partial charge on any atom is 0.387 e. The van der Waals surface area contributed by atoms with Gasteiger partial charge in [-0.25, -0.2) is 4.98 Å². The zero-order chi connectivity index (χ0) is 16.2. The summed E-state index contributed by atoms with van der Waals surface area (Å²) in [4.78, 5) is 4.38. The number of aromatic nitrogens is 2. The molecule has 2 aromatic carbocycles. The fourth-order valence-electron chi connectivity index (χ4n) is 2.43. The normalized spacial score (nSPS) is 11.0. The van der Waals surface area contributed by atoms with Gasteiger partial charge in [-0.05, 0) is 13.0 Å². The van der Waals surface area contributed by atoms with Crippen LogP contribution in [-0.4, -0.2) is 16.2 Å². The first-order valence-electron chi connectivity index (χ1n) is 7.24. The van der Waals surface area contributed by atoms with Crippen molar-refractivity contribution >= 4 is 0 Å². The second kappa shape index (κ2) is 6.60. The zero-order valence-electron chi connectivity index (χ0n) is 12.6. The van der Waals surface area contributed by atoms with E-state index in [-0.39, 0.29) is 5.75 Å². The summed E-state index contributed by atoms with van der Waals surface area (Å²) in [5, 5.41) is 0. The van der Waals surface area contributed by atoms with Gasteiger partial charge in [-0.1, -0.05) is 48.0 Å². The molecule has 0 bridgehead atoms. The number of alkyl halides is 2. The maximum atomic E-state index is 12.5. The molecule has 3 rings (SSSR count). The van der Waals surface area contributed by atoms with Crippen molar-refractivity contribution in [2.24, 2.45) is 0 Å². The van der Waals surface area contributed by atoms with E-state index in [4.69, 9.17) is 0 Å². The first kappa shape index (κ1) is 15.2. The molecule has 5 heteroatoms. The molecule has 3 aromatic rings. The van der Waals surface area contributed by atoms with Crippen molar-refractivity contribution < 1.29 is 13.5 Å². The molecule has 0 aliphatic heterocycles. The van der Waals surface area contributed by atoms with E-state index in [1.807, 2.05) is 42.0 Å². The van der Waals surface area contributed by atoms with Crippen molar-refractivity contribution in [3.05, 3.63) is 72.1 Å². The van der Waals surface area contributed by atoms with Crippen molar-refractivity contribution in [3.63, 3.8) is 0 Å². The Morgan fingerprint density at radius 2 is 1.83 bits per heavy atom. The molecule has 23 heavy (non-hydrogen) atoms. The molecule has 0 aliphatic rings. The number of hydrogen-bond acceptors (Lipinski definition) is 2. The molecule has 0 radical (unpaired) electrons. The molecule has 0 unspecified atom stereocenters. The standard InChI is InChI=1S/C18H16F2N2O/c1-13-6-8-14(9-7-13)17-21-10-11-22(17)12-15-4-2-3-5-16(15)23-18(19)20/h2-11,18H,12H2,1H3. The molecule has 0 atom stereocenters. The number of ether oxygens (including phenoxy) is 1. The summed E-state index contributed by atoms with van der Waals surface area (Å²) in [5.74, 6) is 0.975. The molecule has 118 valence electrons. The number of hydrogen-bond donors (Lipinski definition) is 0. The van der Waals surface area contributed by atoms with E-state index < -0.39 is 6.61 Å². The number of benzene rings is 2. The van der Waals surface area contributed by atoms with Crippen LogP contribution >= 0.6 is 0 Å². The number of halogens is 2. The molecule has 0 saturated carbocycles. The van der Waals surface area contributed by atoms with Gasteiger partial charge in [-0.15, -0.1) is 0 Å². The van der Waals surface area contributed by atoms with Crippen LogP contribution in [0.15, 0.2) is 60.9 Å². The molecular formula is C18H16F2N2O. The van der Waals surface area contributed by atoms with E-state index in [2.05, 4.69) is 9.72 Å². The van der Waals surface area contributed by atoms with Gasteiger partial charge in [0, 0.05) is 23.5 Å². The number of imidazole rings is 1. The molecular weight excluding hydrogens is 298 g/mol. The number of para-hydroxylation sites is 1. The van der Waals surface area contributed by atoms with Crippen LogP contribution in [0, 0.1) is 6.92 Å². The van der Waals surface area contributed by atoms with Gasteiger partial charge in [-0.2, -0.15) is 8.78 Å². The monoisotopic (exact) mass is 314 g/mol. The minimum absolute atomic E-state index is 0.186. The molecule has 0 fully saturated rings. The Morgan fingerprint density at radius 1 is 1.09 bits per heavy atom. The third-order valence-electron chi connectivity index (χ3n) is 3.55. The summed E-state index contributed by atoms with van der Waals surface area (Å²) in [7, 11) is 0. The smallest absolute Gasteiger partial charge is 0.387 e. The van der Waals surface area contributed by atoms with Gasteiger partial charge < -0.3 is 9.30 Å². The Hall–Kier alpha value is -2.69. The minimum atomic E-state index is -2.84. The summed E-state index contributed by atoms with van der Waals surface area (Å²) in [5.41, 5.74) is 2.83. The van der Waals surface area contributed by atoms with Gasteiger partial charge in [-0.3, -0.25) is 0 Å². The Bertz CT molecular complexity index is 782. The molecule has 0 amide bonds. The minimum Gasteiger partial charge on any atom is -0.434 e. The topological polar surface area (TPSA) is 27.1 Å². The van der Waals surface area contributed by atoms with Crippen LogP contribution in [0.3, 0.4) is 0 Å². The van der Waals surface area contributed by atoms with Crippen LogP contribution in [-0.2, 0) is 6.54 Å². The fraction of sp³-hybridized carbons (Fsp3) is 0.167. The van der Waals surface area contributed by atoms with E-state index in [1.165, 1.54) is 5.56 Å². The molecule has 0 N–H and O–H groups in total. The average Bonchev–Trinajstić information content (AvgIpc) is 2.98. The highest BCUT2D eigenvalue weighted by atomic mass is 19.3. The summed E-state index contributed by atoms with van der Waals surface area (Å²) in [6.45, 7) is -0.407. The van der Waals surface area contributed by atoms with E-state index in [0.717, 1.165) is 11.4 Å². The lowest BCUT2D eigenvalue weighted by Gasteiger charge is -2.13. The maximum absolute atomic E-state index is 12.5. The Morgan fingerprint density at radius 3 is 2.57 bits per heavy atom. The van der Waals surface area contributed by atoms with Gasteiger partial charge >= 0.3 is 6.61 Å². The first-order chi connectivity index (χ1) is 11.1. The number of aryl methyl sites for hydroxylation is 1. The lowest BCUT2D eigenvalue weighted by molar-refractivity contribution is -0.0504. The van der Waals surface area contributed by atoms with Crippen molar-refractivity contribution in [2.45, 2.75) is 20.1 Å². The lowest BCUT2D eigenvalue weighted by atomic mass is 10.1. The molecule has 0 aliphatic carbocycles. The van der Waals surface area contributed by atoms with Crippen LogP contribution in [0.4, 0.5) is 8.78 Å². The van der Waals surface area contributed by atoms with Gasteiger partial charge in [0.05, 0.1) is 6.54 Å². The molecule has 0 saturated heterocycles. The molecule has 1 aromatic heterocycles. The molecule has 1 heterocycles. The van der Waals surface area contributed by atoms with Crippen LogP contribution < -0.4 is 4.74 Å². The van der Waals surface area contributed by atoms with Gasteiger partial charge in [0.15, 0.2) is 0 Å². The van der Waals surface area contributed by atoms with E-state index in [0.29, 0.717) is 12.1 Å². The zero-order valence-corrected chi connectivity index (χ0v) is 12.6. The fourth-order valence-corrected chi connectivity index (χ4v) is 2.43. The highest BCUT2D eigenvalue weighted by molar-refractivity contribution is 5.56. The van der Waals surface area contributed by atoms with E-state index in [1.54, 1.807) is 30.5 Å². The Balaban J connectivity index is 1.90. The average molecular weight is 314 g/mol. The van der Waals surface area contributed by atoms with Crippen molar-refractivity contribution in [1.29, 1.82) is 0 Å². The van der Waals surface area contributed by atoms with Crippen molar-refractivity contribution in [1.82, 2.24) is 9.55 Å². The molecule has 0 spiro atoms. The second-order valence-electron chi connectivity index (χ2n) is 5.23. The Labute approximate surface area is 133 Å². The second-order valence-corrected chi connectivity index (χ2v) is 5.23. The van der Waals surface area contributed by atoms with Crippen LogP contribution in [0.2, 0.25) is 0 Å². The summed E-state index contributed by atoms with van der Waals surface area (Å²) >= 11 is 0. The third kappa shape index (κ3) is 3.56. The SMILES string of the molecule is Cc1ccc(-c2nccn2Cc2ccccc2OC(F)F)cc1.